The molecule has 2 aromatic carbocycles. The van der Waals surface area contributed by atoms with Crippen molar-refractivity contribution < 1.29 is 19.1 Å². The minimum atomic E-state index is -0.873. The number of ether oxygens (including phenoxy) is 1. The van der Waals surface area contributed by atoms with Gasteiger partial charge in [-0.15, -0.1) is 0 Å². The highest BCUT2D eigenvalue weighted by molar-refractivity contribution is 6.00. The molecule has 0 saturated carbocycles. The van der Waals surface area contributed by atoms with Crippen LogP contribution in [-0.2, 0) is 20.7 Å². The number of hydrogen-bond acceptors (Lipinski definition) is 4. The average Bonchev–Trinajstić information content (AvgIpc) is 2.62. The van der Waals surface area contributed by atoms with Crippen LogP contribution < -0.4 is 10.6 Å². The molecule has 0 fully saturated rings. The van der Waals surface area contributed by atoms with Gasteiger partial charge < -0.3 is 15.4 Å². The van der Waals surface area contributed by atoms with Crippen molar-refractivity contribution in [2.24, 2.45) is 0 Å². The maximum Gasteiger partial charge on any atom is 0.339 e. The highest BCUT2D eigenvalue weighted by Gasteiger charge is 2.31. The Labute approximate surface area is 157 Å². The van der Waals surface area contributed by atoms with E-state index in [9.17, 15) is 14.4 Å². The summed E-state index contributed by atoms with van der Waals surface area (Å²) in [5.41, 5.74) is 3.67. The molecule has 1 unspecified atom stereocenters. The molecule has 3 rings (SSSR count). The molecule has 0 bridgehead atoms. The molecule has 27 heavy (non-hydrogen) atoms. The van der Waals surface area contributed by atoms with Gasteiger partial charge in [0.1, 0.15) is 0 Å². The topological polar surface area (TPSA) is 84.5 Å². The predicted molar refractivity (Wildman–Crippen MR) is 103 cm³/mol. The fourth-order valence-electron chi connectivity index (χ4n) is 2.98. The Kier molecular flexibility index (Phi) is 5.26. The van der Waals surface area contributed by atoms with Gasteiger partial charge in [-0.1, -0.05) is 26.0 Å². The highest BCUT2D eigenvalue weighted by Crippen LogP contribution is 2.26. The Morgan fingerprint density at radius 3 is 2.26 bits per heavy atom. The molecular formula is C21H22N2O4. The molecule has 6 heteroatoms. The third kappa shape index (κ3) is 4.34. The lowest BCUT2D eigenvalue weighted by Gasteiger charge is -2.25. The largest absolute Gasteiger partial charge is 0.448 e. The van der Waals surface area contributed by atoms with Crippen LogP contribution in [0.2, 0.25) is 0 Å². The number of hydrogen-bond donors (Lipinski definition) is 2. The van der Waals surface area contributed by atoms with Crippen molar-refractivity contribution >= 4 is 29.2 Å². The highest BCUT2D eigenvalue weighted by atomic mass is 16.5. The second-order valence-electron chi connectivity index (χ2n) is 6.92. The van der Waals surface area contributed by atoms with E-state index in [1.807, 2.05) is 12.1 Å². The van der Waals surface area contributed by atoms with Crippen LogP contribution in [0.5, 0.6) is 0 Å². The van der Waals surface area contributed by atoms with Crippen LogP contribution in [0.3, 0.4) is 0 Å². The lowest BCUT2D eigenvalue weighted by atomic mass is 9.92. The number of esters is 1. The molecule has 140 valence electrons. The van der Waals surface area contributed by atoms with E-state index in [1.54, 1.807) is 30.3 Å². The Morgan fingerprint density at radius 1 is 1.04 bits per heavy atom. The van der Waals surface area contributed by atoms with Crippen molar-refractivity contribution in [3.05, 3.63) is 59.2 Å². The summed E-state index contributed by atoms with van der Waals surface area (Å²) in [5.74, 6) is -0.688. The molecule has 0 saturated heterocycles. The first-order valence-electron chi connectivity index (χ1n) is 8.86. The van der Waals surface area contributed by atoms with Crippen molar-refractivity contribution in [2.75, 3.05) is 10.6 Å². The van der Waals surface area contributed by atoms with Gasteiger partial charge in [0.2, 0.25) is 5.91 Å². The second kappa shape index (κ2) is 7.61. The van der Waals surface area contributed by atoms with Gasteiger partial charge in [0.15, 0.2) is 6.10 Å². The number of fused-ring (bicyclic) bond motifs is 1. The molecule has 1 aliphatic rings. The molecule has 2 amide bonds. The predicted octanol–water partition coefficient (Wildman–Crippen LogP) is 3.49. The summed E-state index contributed by atoms with van der Waals surface area (Å²) in [6.45, 7) is 5.59. The van der Waals surface area contributed by atoms with E-state index in [2.05, 4.69) is 24.5 Å². The van der Waals surface area contributed by atoms with Crippen LogP contribution in [0.4, 0.5) is 11.4 Å². The first-order valence-corrected chi connectivity index (χ1v) is 8.86. The lowest BCUT2D eigenvalue weighted by molar-refractivity contribution is -0.125. The third-order valence-electron chi connectivity index (χ3n) is 4.44. The molecule has 0 aromatic heterocycles. The average molecular weight is 366 g/mol. The van der Waals surface area contributed by atoms with Crippen LogP contribution in [0, 0.1) is 0 Å². The van der Waals surface area contributed by atoms with Gasteiger partial charge in [0.25, 0.3) is 5.91 Å². The quantitative estimate of drug-likeness (QED) is 0.811. The zero-order valence-corrected chi connectivity index (χ0v) is 15.5. The third-order valence-corrected chi connectivity index (χ3v) is 4.44. The lowest BCUT2D eigenvalue weighted by Crippen LogP contribution is -2.38. The molecule has 2 N–H and O–H groups in total. The van der Waals surface area contributed by atoms with Crippen LogP contribution in [0.1, 0.15) is 48.2 Å². The van der Waals surface area contributed by atoms with Crippen molar-refractivity contribution in [2.45, 2.75) is 39.2 Å². The normalized spacial score (nSPS) is 15.7. The fourth-order valence-corrected chi connectivity index (χ4v) is 2.98. The Hall–Kier alpha value is -3.15. The van der Waals surface area contributed by atoms with E-state index in [1.165, 1.54) is 6.92 Å². The van der Waals surface area contributed by atoms with E-state index in [0.717, 1.165) is 11.1 Å². The molecule has 0 spiro atoms. The number of benzene rings is 2. The number of anilines is 2. The number of rotatable bonds is 4. The van der Waals surface area contributed by atoms with Crippen LogP contribution in [0.25, 0.3) is 0 Å². The number of carbonyl (C=O) groups excluding carboxylic acids is 3. The Morgan fingerprint density at radius 2 is 1.67 bits per heavy atom. The van der Waals surface area contributed by atoms with Gasteiger partial charge >= 0.3 is 5.97 Å². The van der Waals surface area contributed by atoms with Crippen LogP contribution >= 0.6 is 0 Å². The van der Waals surface area contributed by atoms with Crippen molar-refractivity contribution in [3.63, 3.8) is 0 Å². The van der Waals surface area contributed by atoms with Gasteiger partial charge in [0, 0.05) is 24.7 Å². The smallest absolute Gasteiger partial charge is 0.339 e. The second-order valence-corrected chi connectivity index (χ2v) is 6.92. The van der Waals surface area contributed by atoms with E-state index in [0.29, 0.717) is 29.3 Å². The molecule has 1 aliphatic heterocycles. The summed E-state index contributed by atoms with van der Waals surface area (Å²) in [6, 6.07) is 12.4. The summed E-state index contributed by atoms with van der Waals surface area (Å²) >= 11 is 0. The maximum absolute atomic E-state index is 12.5. The summed E-state index contributed by atoms with van der Waals surface area (Å²) < 4.78 is 5.32. The van der Waals surface area contributed by atoms with Gasteiger partial charge in [0.05, 0.1) is 5.56 Å². The van der Waals surface area contributed by atoms with E-state index in [-0.39, 0.29) is 11.8 Å². The number of amides is 2. The fraction of sp³-hybridized carbons (Fsp3) is 0.286. The van der Waals surface area contributed by atoms with Crippen LogP contribution in [0.15, 0.2) is 42.5 Å². The molecule has 0 aliphatic carbocycles. The Balaban J connectivity index is 1.71. The SMILES string of the molecule is CC(=O)Nc1ccc(NC(=O)C2Cc3cc(C(C)C)ccc3C(=O)O2)cc1. The maximum atomic E-state index is 12.5. The van der Waals surface area contributed by atoms with Crippen molar-refractivity contribution in [1.82, 2.24) is 0 Å². The molecule has 6 nitrogen and oxygen atoms in total. The minimum absolute atomic E-state index is 0.166. The van der Waals surface area contributed by atoms with Gasteiger partial charge in [-0.05, 0) is 47.4 Å². The van der Waals surface area contributed by atoms with Crippen LogP contribution in [-0.4, -0.2) is 23.9 Å². The summed E-state index contributed by atoms with van der Waals surface area (Å²) in [5, 5.41) is 5.41. The first-order chi connectivity index (χ1) is 12.8. The monoisotopic (exact) mass is 366 g/mol. The number of nitrogens with one attached hydrogen (secondary N) is 2. The summed E-state index contributed by atoms with van der Waals surface area (Å²) in [6.07, 6.45) is -0.528. The number of carbonyl (C=O) groups is 3. The molecule has 2 aromatic rings. The summed E-state index contributed by atoms with van der Waals surface area (Å²) in [7, 11) is 0. The molecular weight excluding hydrogens is 344 g/mol. The van der Waals surface area contributed by atoms with E-state index in [4.69, 9.17) is 4.74 Å². The Bertz CT molecular complexity index is 888. The standard InChI is InChI=1S/C21H22N2O4/c1-12(2)14-4-9-18-15(10-14)11-19(27-21(18)26)20(25)23-17-7-5-16(6-8-17)22-13(3)24/h4-10,12,19H,11H2,1-3H3,(H,22,24)(H,23,25). The first kappa shape index (κ1) is 18.6. The molecule has 0 radical (unpaired) electrons. The molecule has 1 atom stereocenters. The van der Waals surface area contributed by atoms with E-state index < -0.39 is 12.1 Å². The zero-order chi connectivity index (χ0) is 19.6. The minimum Gasteiger partial charge on any atom is -0.448 e. The van der Waals surface area contributed by atoms with Gasteiger partial charge in [-0.25, -0.2) is 4.79 Å². The van der Waals surface area contributed by atoms with Crippen molar-refractivity contribution in [1.29, 1.82) is 0 Å². The van der Waals surface area contributed by atoms with E-state index >= 15 is 0 Å². The van der Waals surface area contributed by atoms with Gasteiger partial charge in [-0.3, -0.25) is 9.59 Å². The van der Waals surface area contributed by atoms with Gasteiger partial charge in [-0.2, -0.15) is 0 Å². The molecule has 1 heterocycles. The summed E-state index contributed by atoms with van der Waals surface area (Å²) in [4.78, 5) is 35.8. The number of cyclic esters (lactones) is 1. The zero-order valence-electron chi connectivity index (χ0n) is 15.5. The van der Waals surface area contributed by atoms with Crippen molar-refractivity contribution in [3.8, 4) is 0 Å².